The van der Waals surface area contributed by atoms with Crippen molar-refractivity contribution in [3.8, 4) is 17.1 Å². The van der Waals surface area contributed by atoms with Gasteiger partial charge in [0.2, 0.25) is 5.91 Å². The third-order valence-electron chi connectivity index (χ3n) is 3.98. The van der Waals surface area contributed by atoms with Gasteiger partial charge in [0, 0.05) is 24.9 Å². The Labute approximate surface area is 159 Å². The van der Waals surface area contributed by atoms with Gasteiger partial charge in [0.05, 0.1) is 6.61 Å². The monoisotopic (exact) mass is 372 g/mol. The molecule has 0 aliphatic rings. The van der Waals surface area contributed by atoms with E-state index in [9.17, 15) is 9.59 Å². The van der Waals surface area contributed by atoms with Crippen LogP contribution in [-0.2, 0) is 11.2 Å². The van der Waals surface area contributed by atoms with Crippen molar-refractivity contribution in [1.82, 2.24) is 20.5 Å². The maximum Gasteiger partial charge on any atom is 0.273 e. The van der Waals surface area contributed by atoms with Crippen molar-refractivity contribution in [2.24, 2.45) is 5.92 Å². The SMILES string of the molecule is CCCOc1cccc(-c2nnc(CCC(=O)NCCC(C)C)c(=O)[nH]2)c1. The molecule has 0 radical (unpaired) electrons. The summed E-state index contributed by atoms with van der Waals surface area (Å²) in [5, 5.41) is 11.0. The number of carbonyl (C=O) groups is 1. The molecule has 146 valence electrons. The molecule has 1 aromatic heterocycles. The molecule has 0 bridgehead atoms. The lowest BCUT2D eigenvalue weighted by atomic mass is 10.1. The second-order valence-electron chi connectivity index (χ2n) is 6.86. The van der Waals surface area contributed by atoms with E-state index in [0.29, 0.717) is 24.9 Å². The van der Waals surface area contributed by atoms with Crippen LogP contribution in [0.15, 0.2) is 29.1 Å². The summed E-state index contributed by atoms with van der Waals surface area (Å²) >= 11 is 0. The molecule has 0 aliphatic carbocycles. The van der Waals surface area contributed by atoms with Crippen LogP contribution in [0.5, 0.6) is 5.75 Å². The first-order valence-corrected chi connectivity index (χ1v) is 9.45. The highest BCUT2D eigenvalue weighted by Gasteiger charge is 2.10. The lowest BCUT2D eigenvalue weighted by Gasteiger charge is -2.07. The van der Waals surface area contributed by atoms with Crippen LogP contribution in [0.25, 0.3) is 11.4 Å². The summed E-state index contributed by atoms with van der Waals surface area (Å²) in [6.07, 6.45) is 2.33. The maximum atomic E-state index is 12.3. The molecule has 0 saturated carbocycles. The Kier molecular flexibility index (Phi) is 7.98. The van der Waals surface area contributed by atoms with Crippen molar-refractivity contribution >= 4 is 5.91 Å². The van der Waals surface area contributed by atoms with E-state index in [4.69, 9.17) is 4.74 Å². The first-order valence-electron chi connectivity index (χ1n) is 9.45. The molecular weight excluding hydrogens is 344 g/mol. The van der Waals surface area contributed by atoms with Crippen LogP contribution in [-0.4, -0.2) is 34.2 Å². The van der Waals surface area contributed by atoms with E-state index in [-0.39, 0.29) is 30.0 Å². The Hall–Kier alpha value is -2.70. The number of rotatable bonds is 10. The van der Waals surface area contributed by atoms with Crippen LogP contribution < -0.4 is 15.6 Å². The average Bonchev–Trinajstić information content (AvgIpc) is 2.65. The van der Waals surface area contributed by atoms with Gasteiger partial charge in [-0.15, -0.1) is 10.2 Å². The molecule has 0 spiro atoms. The third kappa shape index (κ3) is 6.84. The summed E-state index contributed by atoms with van der Waals surface area (Å²) in [6, 6.07) is 7.35. The smallest absolute Gasteiger partial charge is 0.273 e. The molecule has 1 heterocycles. The molecule has 0 unspecified atom stereocenters. The fraction of sp³-hybridized carbons (Fsp3) is 0.500. The topological polar surface area (TPSA) is 97.0 Å². The molecule has 0 atom stereocenters. The van der Waals surface area contributed by atoms with E-state index in [1.807, 2.05) is 31.2 Å². The van der Waals surface area contributed by atoms with Gasteiger partial charge in [-0.05, 0) is 30.9 Å². The van der Waals surface area contributed by atoms with Gasteiger partial charge in [0.1, 0.15) is 11.4 Å². The summed E-state index contributed by atoms with van der Waals surface area (Å²) in [7, 11) is 0. The number of amides is 1. The Bertz CT molecular complexity index is 802. The van der Waals surface area contributed by atoms with Crippen molar-refractivity contribution in [2.45, 2.75) is 46.5 Å². The Morgan fingerprint density at radius 2 is 2.11 bits per heavy atom. The number of aromatic amines is 1. The molecule has 7 nitrogen and oxygen atoms in total. The van der Waals surface area contributed by atoms with E-state index in [1.165, 1.54) is 0 Å². The van der Waals surface area contributed by atoms with E-state index < -0.39 is 0 Å². The van der Waals surface area contributed by atoms with Gasteiger partial charge in [-0.1, -0.05) is 32.9 Å². The summed E-state index contributed by atoms with van der Waals surface area (Å²) < 4.78 is 5.60. The minimum atomic E-state index is -0.324. The average molecular weight is 372 g/mol. The number of aromatic nitrogens is 3. The van der Waals surface area contributed by atoms with E-state index in [0.717, 1.165) is 24.2 Å². The van der Waals surface area contributed by atoms with E-state index in [2.05, 4.69) is 34.3 Å². The first kappa shape index (κ1) is 20.6. The molecule has 0 saturated heterocycles. The number of ether oxygens (including phenoxy) is 1. The van der Waals surface area contributed by atoms with Gasteiger partial charge in [-0.2, -0.15) is 0 Å². The molecule has 1 aromatic carbocycles. The predicted octanol–water partition coefficient (Wildman–Crippen LogP) is 2.72. The third-order valence-corrected chi connectivity index (χ3v) is 3.98. The highest BCUT2D eigenvalue weighted by molar-refractivity contribution is 5.76. The van der Waals surface area contributed by atoms with Gasteiger partial charge in [-0.25, -0.2) is 0 Å². The number of hydrogen-bond acceptors (Lipinski definition) is 5. The van der Waals surface area contributed by atoms with Crippen molar-refractivity contribution in [1.29, 1.82) is 0 Å². The molecule has 0 fully saturated rings. The van der Waals surface area contributed by atoms with Crippen molar-refractivity contribution < 1.29 is 9.53 Å². The predicted molar refractivity (Wildman–Crippen MR) is 105 cm³/mol. The molecule has 7 heteroatoms. The quantitative estimate of drug-likeness (QED) is 0.668. The van der Waals surface area contributed by atoms with Crippen molar-refractivity contribution in [3.05, 3.63) is 40.3 Å². The minimum absolute atomic E-state index is 0.0818. The maximum absolute atomic E-state index is 12.3. The van der Waals surface area contributed by atoms with Crippen LogP contribution in [0, 0.1) is 5.92 Å². The van der Waals surface area contributed by atoms with Crippen molar-refractivity contribution in [2.75, 3.05) is 13.2 Å². The lowest BCUT2D eigenvalue weighted by Crippen LogP contribution is -2.27. The van der Waals surface area contributed by atoms with E-state index in [1.54, 1.807) is 0 Å². The van der Waals surface area contributed by atoms with E-state index >= 15 is 0 Å². The number of aryl methyl sites for hydroxylation is 1. The zero-order valence-electron chi connectivity index (χ0n) is 16.2. The number of benzene rings is 1. The minimum Gasteiger partial charge on any atom is -0.494 e. The molecule has 2 rings (SSSR count). The molecular formula is C20H28N4O3. The van der Waals surface area contributed by atoms with Crippen LogP contribution in [0.4, 0.5) is 0 Å². The fourth-order valence-corrected chi connectivity index (χ4v) is 2.43. The highest BCUT2D eigenvalue weighted by atomic mass is 16.5. The molecule has 0 aliphatic heterocycles. The summed E-state index contributed by atoms with van der Waals surface area (Å²) in [5.41, 5.74) is 0.664. The van der Waals surface area contributed by atoms with Gasteiger partial charge in [-0.3, -0.25) is 9.59 Å². The first-order chi connectivity index (χ1) is 13.0. The largest absolute Gasteiger partial charge is 0.494 e. The van der Waals surface area contributed by atoms with Gasteiger partial charge in [0.25, 0.3) is 5.56 Å². The second kappa shape index (κ2) is 10.4. The zero-order valence-corrected chi connectivity index (χ0v) is 16.2. The van der Waals surface area contributed by atoms with Gasteiger partial charge >= 0.3 is 0 Å². The highest BCUT2D eigenvalue weighted by Crippen LogP contribution is 2.20. The molecule has 27 heavy (non-hydrogen) atoms. The number of nitrogens with one attached hydrogen (secondary N) is 2. The Morgan fingerprint density at radius 1 is 1.30 bits per heavy atom. The van der Waals surface area contributed by atoms with Crippen LogP contribution >= 0.6 is 0 Å². The Morgan fingerprint density at radius 3 is 2.81 bits per heavy atom. The van der Waals surface area contributed by atoms with Crippen molar-refractivity contribution in [3.63, 3.8) is 0 Å². The molecule has 2 N–H and O–H groups in total. The fourth-order valence-electron chi connectivity index (χ4n) is 2.43. The van der Waals surface area contributed by atoms with Crippen LogP contribution in [0.2, 0.25) is 0 Å². The number of H-pyrrole nitrogens is 1. The summed E-state index contributed by atoms with van der Waals surface area (Å²) in [5.74, 6) is 1.56. The van der Waals surface area contributed by atoms with Gasteiger partial charge in [0.15, 0.2) is 5.82 Å². The Balaban J connectivity index is 1.97. The summed E-state index contributed by atoms with van der Waals surface area (Å²) in [4.78, 5) is 26.8. The zero-order chi connectivity index (χ0) is 19.6. The molecule has 2 aromatic rings. The standard InChI is InChI=1S/C20H28N4O3/c1-4-12-27-16-7-5-6-15(13-16)19-22-20(26)17(23-24-19)8-9-18(25)21-11-10-14(2)3/h5-7,13-14H,4,8-12H2,1-3H3,(H,21,25)(H,22,24,26). The van der Waals surface area contributed by atoms with Gasteiger partial charge < -0.3 is 15.0 Å². The lowest BCUT2D eigenvalue weighted by molar-refractivity contribution is -0.121. The normalized spacial score (nSPS) is 10.8. The number of nitrogens with zero attached hydrogens (tertiary/aromatic N) is 2. The summed E-state index contributed by atoms with van der Waals surface area (Å²) in [6.45, 7) is 7.52. The second-order valence-corrected chi connectivity index (χ2v) is 6.86. The van der Waals surface area contributed by atoms with Crippen LogP contribution in [0.3, 0.4) is 0 Å². The molecule has 1 amide bonds. The number of carbonyl (C=O) groups excluding carboxylic acids is 1. The van der Waals surface area contributed by atoms with Crippen LogP contribution in [0.1, 0.15) is 45.7 Å². The number of hydrogen-bond donors (Lipinski definition) is 2.